The average molecular weight is 360 g/mol. The van der Waals surface area contributed by atoms with E-state index in [1.807, 2.05) is 0 Å². The van der Waals surface area contributed by atoms with Gasteiger partial charge in [0.15, 0.2) is 0 Å². The van der Waals surface area contributed by atoms with E-state index in [9.17, 15) is 18.0 Å². The molecule has 1 aromatic carbocycles. The zero-order valence-corrected chi connectivity index (χ0v) is 14.3. The van der Waals surface area contributed by atoms with Crippen LogP contribution in [0.25, 0.3) is 0 Å². The van der Waals surface area contributed by atoms with Crippen LogP contribution in [0.4, 0.5) is 0 Å². The number of halogens is 1. The van der Waals surface area contributed by atoms with Crippen molar-refractivity contribution < 1.29 is 22.7 Å². The first-order valence-corrected chi connectivity index (χ1v) is 9.65. The Morgan fingerprint density at radius 1 is 1.26 bits per heavy atom. The number of carbonyl (C=O) groups is 2. The van der Waals surface area contributed by atoms with Gasteiger partial charge < -0.3 is 9.64 Å². The molecular weight excluding hydrogens is 342 g/mol. The van der Waals surface area contributed by atoms with E-state index in [4.69, 9.17) is 15.4 Å². The number of ether oxygens (including phenoxy) is 1. The molecule has 23 heavy (non-hydrogen) atoms. The molecule has 2 rings (SSSR count). The molecule has 1 aliphatic rings. The summed E-state index contributed by atoms with van der Waals surface area (Å²) in [5.74, 6) is -0.860. The van der Waals surface area contributed by atoms with Crippen molar-refractivity contribution in [1.29, 1.82) is 0 Å². The Kier molecular flexibility index (Phi) is 5.64. The Bertz CT molecular complexity index is 696. The highest BCUT2D eigenvalue weighted by molar-refractivity contribution is 8.13. The van der Waals surface area contributed by atoms with Gasteiger partial charge in [0, 0.05) is 23.8 Å². The largest absolute Gasteiger partial charge is 0.466 e. The Balaban J connectivity index is 2.11. The SMILES string of the molecule is CCOC(=O)C1CCN(C(=O)c2ccccc2S(=O)(=O)Cl)CC1. The summed E-state index contributed by atoms with van der Waals surface area (Å²) >= 11 is 0. The van der Waals surface area contributed by atoms with E-state index >= 15 is 0 Å². The van der Waals surface area contributed by atoms with Gasteiger partial charge in [-0.05, 0) is 31.9 Å². The molecule has 0 radical (unpaired) electrons. The summed E-state index contributed by atoms with van der Waals surface area (Å²) in [5, 5.41) is 0. The molecule has 1 aliphatic heterocycles. The Hall–Kier alpha value is -1.60. The number of hydrogen-bond donors (Lipinski definition) is 0. The van der Waals surface area contributed by atoms with Gasteiger partial charge in [-0.1, -0.05) is 12.1 Å². The van der Waals surface area contributed by atoms with Gasteiger partial charge in [-0.15, -0.1) is 0 Å². The minimum atomic E-state index is -4.00. The lowest BCUT2D eigenvalue weighted by Gasteiger charge is -2.31. The van der Waals surface area contributed by atoms with E-state index < -0.39 is 15.0 Å². The normalized spacial score (nSPS) is 16.2. The van der Waals surface area contributed by atoms with E-state index in [0.29, 0.717) is 32.5 Å². The first-order chi connectivity index (χ1) is 10.8. The highest BCUT2D eigenvalue weighted by Crippen LogP contribution is 2.24. The smallest absolute Gasteiger partial charge is 0.309 e. The predicted molar refractivity (Wildman–Crippen MR) is 84.7 cm³/mol. The molecule has 0 aliphatic carbocycles. The van der Waals surface area contributed by atoms with Crippen LogP contribution in [0.15, 0.2) is 29.2 Å². The van der Waals surface area contributed by atoms with Crippen molar-refractivity contribution in [3.05, 3.63) is 29.8 Å². The van der Waals surface area contributed by atoms with Gasteiger partial charge in [-0.2, -0.15) is 0 Å². The van der Waals surface area contributed by atoms with Gasteiger partial charge in [-0.3, -0.25) is 9.59 Å². The summed E-state index contributed by atoms with van der Waals surface area (Å²) < 4.78 is 28.2. The van der Waals surface area contributed by atoms with Gasteiger partial charge >= 0.3 is 5.97 Å². The van der Waals surface area contributed by atoms with E-state index in [1.165, 1.54) is 23.1 Å². The van der Waals surface area contributed by atoms with Crippen molar-refractivity contribution in [2.45, 2.75) is 24.7 Å². The molecule has 0 atom stereocenters. The highest BCUT2D eigenvalue weighted by Gasteiger charge is 2.30. The van der Waals surface area contributed by atoms with Crippen LogP contribution < -0.4 is 0 Å². The zero-order valence-electron chi connectivity index (χ0n) is 12.7. The van der Waals surface area contributed by atoms with Crippen LogP contribution >= 0.6 is 10.7 Å². The summed E-state index contributed by atoms with van der Waals surface area (Å²) in [5.41, 5.74) is 0.0529. The minimum Gasteiger partial charge on any atom is -0.466 e. The van der Waals surface area contributed by atoms with Crippen LogP contribution in [0.1, 0.15) is 30.1 Å². The lowest BCUT2D eigenvalue weighted by molar-refractivity contribution is -0.149. The maximum atomic E-state index is 12.6. The molecule has 0 spiro atoms. The maximum absolute atomic E-state index is 12.6. The van der Waals surface area contributed by atoms with Gasteiger partial charge in [0.05, 0.1) is 23.0 Å². The third-order valence-electron chi connectivity index (χ3n) is 3.78. The van der Waals surface area contributed by atoms with Crippen LogP contribution in [0, 0.1) is 5.92 Å². The molecule has 1 saturated heterocycles. The zero-order chi connectivity index (χ0) is 17.0. The fraction of sp³-hybridized carbons (Fsp3) is 0.467. The molecular formula is C15H18ClNO5S. The molecule has 6 nitrogen and oxygen atoms in total. The number of piperidine rings is 1. The number of carbonyl (C=O) groups excluding carboxylic acids is 2. The van der Waals surface area contributed by atoms with Crippen molar-refractivity contribution in [3.8, 4) is 0 Å². The number of nitrogens with zero attached hydrogens (tertiary/aromatic N) is 1. The van der Waals surface area contributed by atoms with Gasteiger partial charge in [0.2, 0.25) is 0 Å². The highest BCUT2D eigenvalue weighted by atomic mass is 35.7. The van der Waals surface area contributed by atoms with Crippen molar-refractivity contribution >= 4 is 31.6 Å². The fourth-order valence-corrected chi connectivity index (χ4v) is 3.67. The Labute approximate surface area is 139 Å². The molecule has 0 aromatic heterocycles. The van der Waals surface area contributed by atoms with Crippen molar-refractivity contribution in [3.63, 3.8) is 0 Å². The molecule has 1 amide bonds. The quantitative estimate of drug-likeness (QED) is 0.607. The summed E-state index contributed by atoms with van der Waals surface area (Å²) in [4.78, 5) is 25.6. The monoisotopic (exact) mass is 359 g/mol. The van der Waals surface area contributed by atoms with Crippen LogP contribution in [-0.2, 0) is 18.6 Å². The van der Waals surface area contributed by atoms with Crippen LogP contribution in [0.2, 0.25) is 0 Å². The van der Waals surface area contributed by atoms with Crippen molar-refractivity contribution in [1.82, 2.24) is 4.90 Å². The number of esters is 1. The molecule has 126 valence electrons. The van der Waals surface area contributed by atoms with Gasteiger partial charge in [0.1, 0.15) is 0 Å². The van der Waals surface area contributed by atoms with E-state index in [-0.39, 0.29) is 22.3 Å². The molecule has 0 N–H and O–H groups in total. The third-order valence-corrected chi connectivity index (χ3v) is 5.16. The molecule has 1 fully saturated rings. The first kappa shape index (κ1) is 17.7. The third kappa shape index (κ3) is 4.23. The minimum absolute atomic E-state index is 0.0529. The average Bonchev–Trinajstić information content (AvgIpc) is 2.54. The molecule has 1 aromatic rings. The number of hydrogen-bond acceptors (Lipinski definition) is 5. The standard InChI is InChI=1S/C15H18ClNO5S/c1-2-22-15(19)11-7-9-17(10-8-11)14(18)12-5-3-4-6-13(12)23(16,20)21/h3-6,11H,2,7-10H2,1H3. The van der Waals surface area contributed by atoms with Crippen LogP contribution in [-0.4, -0.2) is 44.9 Å². The second-order valence-corrected chi connectivity index (χ2v) is 7.79. The first-order valence-electron chi connectivity index (χ1n) is 7.34. The molecule has 0 saturated carbocycles. The Morgan fingerprint density at radius 3 is 2.43 bits per heavy atom. The second kappa shape index (κ2) is 7.31. The summed E-state index contributed by atoms with van der Waals surface area (Å²) in [6, 6.07) is 5.85. The van der Waals surface area contributed by atoms with E-state index in [2.05, 4.69) is 0 Å². The summed E-state index contributed by atoms with van der Waals surface area (Å²) in [6.07, 6.45) is 1.00. The lowest BCUT2D eigenvalue weighted by atomic mass is 9.96. The number of likely N-dealkylation sites (tertiary alicyclic amines) is 1. The van der Waals surface area contributed by atoms with Crippen molar-refractivity contribution in [2.75, 3.05) is 19.7 Å². The van der Waals surface area contributed by atoms with Gasteiger partial charge in [0.25, 0.3) is 15.0 Å². The molecule has 0 bridgehead atoms. The molecule has 8 heteroatoms. The topological polar surface area (TPSA) is 80.8 Å². The Morgan fingerprint density at radius 2 is 1.87 bits per heavy atom. The van der Waals surface area contributed by atoms with E-state index in [1.54, 1.807) is 13.0 Å². The number of benzene rings is 1. The maximum Gasteiger partial charge on any atom is 0.309 e. The predicted octanol–water partition coefficient (Wildman–Crippen LogP) is 2.03. The number of amides is 1. The van der Waals surface area contributed by atoms with Crippen LogP contribution in [0.3, 0.4) is 0 Å². The fourth-order valence-electron chi connectivity index (χ4n) is 2.60. The second-order valence-electron chi connectivity index (χ2n) is 5.25. The van der Waals surface area contributed by atoms with Gasteiger partial charge in [-0.25, -0.2) is 8.42 Å². The summed E-state index contributed by atoms with van der Waals surface area (Å²) in [6.45, 7) is 2.83. The van der Waals surface area contributed by atoms with Crippen LogP contribution in [0.5, 0.6) is 0 Å². The molecule has 1 heterocycles. The van der Waals surface area contributed by atoms with Crippen molar-refractivity contribution in [2.24, 2.45) is 5.92 Å². The van der Waals surface area contributed by atoms with E-state index in [0.717, 1.165) is 0 Å². The summed E-state index contributed by atoms with van der Waals surface area (Å²) in [7, 11) is 1.39. The number of rotatable bonds is 4. The molecule has 0 unspecified atom stereocenters. The lowest BCUT2D eigenvalue weighted by Crippen LogP contribution is -2.41.